The minimum atomic E-state index is -2.13. The highest BCUT2D eigenvalue weighted by atomic mass is 28.5. The Hall–Kier alpha value is -1.60. The molecule has 2 aromatic carbocycles. The smallest absolute Gasteiger partial charge is 0.311 e. The first-order valence-electron chi connectivity index (χ1n) is 12.1. The van der Waals surface area contributed by atoms with Gasteiger partial charge in [0.05, 0.1) is 6.61 Å². The fourth-order valence-corrected chi connectivity index (χ4v) is 17.5. The second kappa shape index (κ2) is 12.1. The van der Waals surface area contributed by atoms with E-state index in [9.17, 15) is 4.79 Å². The van der Waals surface area contributed by atoms with Gasteiger partial charge >= 0.3 is 8.56 Å². The van der Waals surface area contributed by atoms with Crippen molar-refractivity contribution in [3.05, 3.63) is 65.7 Å². The van der Waals surface area contributed by atoms with Gasteiger partial charge in [0, 0.05) is 25.3 Å². The SMILES string of the molecule is COC(OC)(C(=O)c1ccc(OCCC[Si](C)(C)O[Si](C)(C)O[Si](C)(C)C)cc1)c1ccccc1. The second-order valence-electron chi connectivity index (χ2n) is 10.7. The zero-order chi connectivity index (χ0) is 26.3. The fourth-order valence-electron chi connectivity index (χ4n) is 4.35. The summed E-state index contributed by atoms with van der Waals surface area (Å²) >= 11 is 0. The predicted molar refractivity (Wildman–Crippen MR) is 148 cm³/mol. The summed E-state index contributed by atoms with van der Waals surface area (Å²) in [6.07, 6.45) is 0.905. The maximum absolute atomic E-state index is 13.3. The molecule has 0 aliphatic heterocycles. The molecule has 0 radical (unpaired) electrons. The molecule has 0 bridgehead atoms. The molecule has 194 valence electrons. The largest absolute Gasteiger partial charge is 0.494 e. The summed E-state index contributed by atoms with van der Waals surface area (Å²) in [7, 11) is -2.67. The number of Topliss-reactive ketones (excluding diaryl/α,β-unsaturated/α-hetero) is 1. The Balaban J connectivity index is 1.94. The summed E-state index contributed by atoms with van der Waals surface area (Å²) in [5, 5.41) is 0. The highest BCUT2D eigenvalue weighted by Gasteiger charge is 2.41. The lowest BCUT2D eigenvalue weighted by Crippen LogP contribution is -2.51. The highest BCUT2D eigenvalue weighted by Crippen LogP contribution is 2.31. The Morgan fingerprint density at radius 3 is 1.89 bits per heavy atom. The predicted octanol–water partition coefficient (Wildman–Crippen LogP) is 6.56. The Morgan fingerprint density at radius 2 is 1.37 bits per heavy atom. The molecule has 0 saturated carbocycles. The van der Waals surface area contributed by atoms with Gasteiger partial charge in [0.15, 0.2) is 16.6 Å². The Bertz CT molecular complexity index is 936. The molecule has 0 aliphatic rings. The standard InChI is InChI=1S/C26H42O6Si3/c1-28-26(29-2,23-14-11-10-12-15-23)25(27)22-16-18-24(19-17-22)30-20-13-21-34(6,7)32-35(8,9)31-33(3,4)5/h10-12,14-19H,13,20-21H2,1-9H3. The van der Waals surface area contributed by atoms with Crippen molar-refractivity contribution in [1.82, 2.24) is 0 Å². The maximum atomic E-state index is 13.3. The monoisotopic (exact) mass is 534 g/mol. The fraction of sp³-hybridized carbons (Fsp3) is 0.500. The third-order valence-corrected chi connectivity index (χ3v) is 15.6. The molecule has 0 heterocycles. The molecule has 0 aliphatic carbocycles. The normalized spacial score (nSPS) is 13.1. The van der Waals surface area contributed by atoms with Crippen LogP contribution in [-0.2, 0) is 23.5 Å². The van der Waals surface area contributed by atoms with Gasteiger partial charge in [0.2, 0.25) is 5.78 Å². The number of hydrogen-bond acceptors (Lipinski definition) is 6. The highest BCUT2D eigenvalue weighted by molar-refractivity contribution is 6.87. The van der Waals surface area contributed by atoms with E-state index in [4.69, 9.17) is 22.4 Å². The Kier molecular flexibility index (Phi) is 10.2. The van der Waals surface area contributed by atoms with Crippen LogP contribution >= 0.6 is 0 Å². The van der Waals surface area contributed by atoms with E-state index < -0.39 is 31.0 Å². The molecule has 0 fully saturated rings. The molecule has 35 heavy (non-hydrogen) atoms. The van der Waals surface area contributed by atoms with Crippen LogP contribution < -0.4 is 4.74 Å². The first kappa shape index (κ1) is 29.6. The molecule has 0 amide bonds. The number of ketones is 1. The molecule has 0 saturated heterocycles. The van der Waals surface area contributed by atoms with Crippen LogP contribution in [0.15, 0.2) is 54.6 Å². The van der Waals surface area contributed by atoms with Gasteiger partial charge in [0.1, 0.15) is 5.75 Å². The van der Waals surface area contributed by atoms with E-state index in [-0.39, 0.29) is 5.78 Å². The van der Waals surface area contributed by atoms with Crippen LogP contribution in [0, 0.1) is 0 Å². The summed E-state index contributed by atoms with van der Waals surface area (Å²) < 4.78 is 30.0. The van der Waals surface area contributed by atoms with Crippen LogP contribution in [0.3, 0.4) is 0 Å². The third kappa shape index (κ3) is 8.78. The molecule has 6 nitrogen and oxygen atoms in total. The van der Waals surface area contributed by atoms with E-state index in [0.29, 0.717) is 17.7 Å². The van der Waals surface area contributed by atoms with Gasteiger partial charge in [-0.15, -0.1) is 0 Å². The topological polar surface area (TPSA) is 63.2 Å². The molecule has 0 spiro atoms. The van der Waals surface area contributed by atoms with E-state index in [1.807, 2.05) is 42.5 Å². The maximum Gasteiger partial charge on any atom is 0.311 e. The van der Waals surface area contributed by atoms with Crippen molar-refractivity contribution < 1.29 is 27.2 Å². The zero-order valence-corrected chi connectivity index (χ0v) is 25.8. The lowest BCUT2D eigenvalue weighted by Gasteiger charge is -2.37. The van der Waals surface area contributed by atoms with Crippen molar-refractivity contribution in [2.75, 3.05) is 20.8 Å². The van der Waals surface area contributed by atoms with Gasteiger partial charge in [-0.05, 0) is 82.6 Å². The lowest BCUT2D eigenvalue weighted by molar-refractivity contribution is -0.176. The van der Waals surface area contributed by atoms with Crippen molar-refractivity contribution in [3.63, 3.8) is 0 Å². The number of benzene rings is 2. The van der Waals surface area contributed by atoms with Crippen molar-refractivity contribution in [1.29, 1.82) is 0 Å². The van der Waals surface area contributed by atoms with Gasteiger partial charge in [0.25, 0.3) is 5.79 Å². The number of ether oxygens (including phenoxy) is 3. The summed E-state index contributed by atoms with van der Waals surface area (Å²) in [4.78, 5) is 13.3. The van der Waals surface area contributed by atoms with Gasteiger partial charge < -0.3 is 22.4 Å². The van der Waals surface area contributed by atoms with Crippen LogP contribution in [0.25, 0.3) is 0 Å². The summed E-state index contributed by atoms with van der Waals surface area (Å²) in [6.45, 7) is 16.0. The van der Waals surface area contributed by atoms with Gasteiger partial charge in [-0.25, -0.2) is 0 Å². The summed E-state index contributed by atoms with van der Waals surface area (Å²) in [6, 6.07) is 17.3. The second-order valence-corrected chi connectivity index (χ2v) is 23.3. The van der Waals surface area contributed by atoms with Crippen LogP contribution in [0.1, 0.15) is 22.3 Å². The van der Waals surface area contributed by atoms with Crippen LogP contribution in [0.4, 0.5) is 0 Å². The quantitative estimate of drug-likeness (QED) is 0.118. The van der Waals surface area contributed by atoms with Crippen molar-refractivity contribution in [2.45, 2.75) is 64.1 Å². The first-order chi connectivity index (χ1) is 16.2. The molecule has 0 unspecified atom stereocenters. The number of carbonyl (C=O) groups excluding carboxylic acids is 1. The Labute approximate surface area is 214 Å². The van der Waals surface area contributed by atoms with Crippen LogP contribution in [0.2, 0.25) is 51.9 Å². The van der Waals surface area contributed by atoms with Crippen LogP contribution in [-0.4, -0.2) is 51.8 Å². The lowest BCUT2D eigenvalue weighted by atomic mass is 9.96. The van der Waals surface area contributed by atoms with Crippen molar-refractivity contribution in [3.8, 4) is 5.75 Å². The molecule has 9 heteroatoms. The summed E-state index contributed by atoms with van der Waals surface area (Å²) in [5.74, 6) is -1.04. The minimum Gasteiger partial charge on any atom is -0.494 e. The molecule has 0 atom stereocenters. The number of hydrogen-bond donors (Lipinski definition) is 0. The van der Waals surface area contributed by atoms with Crippen molar-refractivity contribution in [2.24, 2.45) is 0 Å². The number of methoxy groups -OCH3 is 2. The third-order valence-electron chi connectivity index (χ3n) is 5.41. The molecular weight excluding hydrogens is 493 g/mol. The van der Waals surface area contributed by atoms with Crippen molar-refractivity contribution >= 4 is 31.0 Å². The van der Waals surface area contributed by atoms with Crippen LogP contribution in [0.5, 0.6) is 5.75 Å². The van der Waals surface area contributed by atoms with E-state index in [0.717, 1.165) is 18.2 Å². The van der Waals surface area contributed by atoms with Gasteiger partial charge in [-0.1, -0.05) is 30.3 Å². The minimum absolute atomic E-state index is 0.266. The summed E-state index contributed by atoms with van der Waals surface area (Å²) in [5.41, 5.74) is 1.13. The number of rotatable bonds is 14. The molecule has 0 aromatic heterocycles. The number of carbonyl (C=O) groups is 1. The average molecular weight is 535 g/mol. The average Bonchev–Trinajstić information content (AvgIpc) is 2.76. The molecule has 2 aromatic rings. The van der Waals surface area contributed by atoms with Gasteiger partial charge in [-0.3, -0.25) is 4.79 Å². The first-order valence-corrected chi connectivity index (χ1v) is 21.4. The van der Waals surface area contributed by atoms with E-state index in [1.165, 1.54) is 14.2 Å². The molecule has 2 rings (SSSR count). The molecule has 0 N–H and O–H groups in total. The van der Waals surface area contributed by atoms with E-state index in [2.05, 4.69) is 45.8 Å². The zero-order valence-electron chi connectivity index (χ0n) is 22.8. The van der Waals surface area contributed by atoms with Gasteiger partial charge in [-0.2, -0.15) is 0 Å². The van der Waals surface area contributed by atoms with E-state index >= 15 is 0 Å². The molecular formula is C26H42O6Si3. The Morgan fingerprint density at radius 1 is 0.800 bits per heavy atom. The van der Waals surface area contributed by atoms with E-state index in [1.54, 1.807) is 12.1 Å².